The lowest BCUT2D eigenvalue weighted by molar-refractivity contribution is 0.266. The van der Waals surface area contributed by atoms with Crippen molar-refractivity contribution >= 4 is 44.9 Å². The third-order valence-electron chi connectivity index (χ3n) is 3.66. The first-order valence-corrected chi connectivity index (χ1v) is 9.34. The average molecular weight is 390 g/mol. The van der Waals surface area contributed by atoms with E-state index in [9.17, 15) is 5.11 Å². The lowest BCUT2D eigenvalue weighted by Gasteiger charge is -2.02. The van der Waals surface area contributed by atoms with Crippen molar-refractivity contribution in [2.24, 2.45) is 7.05 Å². The van der Waals surface area contributed by atoms with Crippen LogP contribution in [-0.4, -0.2) is 29.8 Å². The minimum absolute atomic E-state index is 0.150. The van der Waals surface area contributed by atoms with Gasteiger partial charge in [-0.2, -0.15) is 0 Å². The third kappa shape index (κ3) is 3.13. The molecule has 1 N–H and O–H groups in total. The van der Waals surface area contributed by atoms with Gasteiger partial charge in [-0.25, -0.2) is 9.97 Å². The molecule has 0 saturated heterocycles. The van der Waals surface area contributed by atoms with Crippen molar-refractivity contribution in [3.05, 3.63) is 47.5 Å². The Kier molecular flexibility index (Phi) is 4.43. The molecule has 3 aromatic heterocycles. The van der Waals surface area contributed by atoms with Gasteiger partial charge in [-0.1, -0.05) is 23.7 Å². The number of aliphatic hydroxyl groups is 1. The highest BCUT2D eigenvalue weighted by atomic mass is 35.5. The zero-order valence-corrected chi connectivity index (χ0v) is 15.4. The molecule has 3 heterocycles. The average Bonchev–Trinajstić information content (AvgIpc) is 3.20. The molecule has 0 aliphatic carbocycles. The molecule has 126 valence electrons. The third-order valence-corrected chi connectivity index (χ3v) is 6.26. The number of hydrogen-bond donors (Lipinski definition) is 1. The predicted molar refractivity (Wildman–Crippen MR) is 98.9 cm³/mol. The van der Waals surface area contributed by atoms with Gasteiger partial charge in [-0.05, 0) is 35.5 Å². The first-order chi connectivity index (χ1) is 12.2. The fourth-order valence-corrected chi connectivity index (χ4v) is 4.49. The monoisotopic (exact) mass is 389 g/mol. The van der Waals surface area contributed by atoms with Crippen LogP contribution in [0.4, 0.5) is 0 Å². The number of benzene rings is 1. The molecular formula is C16H12ClN5OS2. The van der Waals surface area contributed by atoms with Gasteiger partial charge in [0.15, 0.2) is 11.0 Å². The Morgan fingerprint density at radius 3 is 2.72 bits per heavy atom. The van der Waals surface area contributed by atoms with Crippen molar-refractivity contribution in [1.82, 2.24) is 24.7 Å². The van der Waals surface area contributed by atoms with E-state index in [2.05, 4.69) is 20.2 Å². The van der Waals surface area contributed by atoms with E-state index in [1.165, 1.54) is 11.8 Å². The second kappa shape index (κ2) is 6.72. The molecule has 25 heavy (non-hydrogen) atoms. The fraction of sp³-hybridized carbons (Fsp3) is 0.125. The van der Waals surface area contributed by atoms with Gasteiger partial charge in [0.2, 0.25) is 0 Å². The standard InChI is InChI=1S/C16H12ClN5OS2/c1-22-13(7-23)20-21-16(22)25-15-14-11(18-8-19-15)6-12(24-14)9-2-4-10(17)5-3-9/h2-6,8,23H,7H2,1H3. The molecule has 0 aliphatic heterocycles. The van der Waals surface area contributed by atoms with Crippen molar-refractivity contribution in [3.8, 4) is 10.4 Å². The number of thiophene rings is 1. The minimum Gasteiger partial charge on any atom is -0.388 e. The summed E-state index contributed by atoms with van der Waals surface area (Å²) < 4.78 is 2.75. The Morgan fingerprint density at radius 2 is 2.00 bits per heavy atom. The van der Waals surface area contributed by atoms with Gasteiger partial charge < -0.3 is 9.67 Å². The van der Waals surface area contributed by atoms with Gasteiger partial charge in [0.1, 0.15) is 18.0 Å². The molecule has 4 aromatic rings. The highest BCUT2D eigenvalue weighted by molar-refractivity contribution is 7.99. The number of aromatic nitrogens is 5. The predicted octanol–water partition coefficient (Wildman–Crippen LogP) is 3.78. The quantitative estimate of drug-likeness (QED) is 0.535. The molecule has 0 atom stereocenters. The van der Waals surface area contributed by atoms with E-state index in [0.717, 1.165) is 25.7 Å². The van der Waals surface area contributed by atoms with Crippen LogP contribution in [0.25, 0.3) is 20.7 Å². The molecule has 0 radical (unpaired) electrons. The molecule has 9 heteroatoms. The summed E-state index contributed by atoms with van der Waals surface area (Å²) in [5, 5.41) is 19.5. The Morgan fingerprint density at radius 1 is 1.20 bits per heavy atom. The van der Waals surface area contributed by atoms with E-state index in [0.29, 0.717) is 16.0 Å². The molecule has 0 unspecified atom stereocenters. The van der Waals surface area contributed by atoms with Crippen molar-refractivity contribution in [2.75, 3.05) is 0 Å². The Bertz CT molecular complexity index is 1040. The molecule has 0 aliphatic rings. The lowest BCUT2D eigenvalue weighted by atomic mass is 10.2. The van der Waals surface area contributed by atoms with Crippen LogP contribution in [0.5, 0.6) is 0 Å². The van der Waals surface area contributed by atoms with Crippen LogP contribution < -0.4 is 0 Å². The minimum atomic E-state index is -0.150. The number of fused-ring (bicyclic) bond motifs is 1. The Labute approximate surface area is 156 Å². The number of rotatable bonds is 4. The summed E-state index contributed by atoms with van der Waals surface area (Å²) in [5.41, 5.74) is 1.97. The molecule has 0 spiro atoms. The second-order valence-electron chi connectivity index (χ2n) is 5.23. The van der Waals surface area contributed by atoms with Gasteiger partial charge in [0, 0.05) is 16.9 Å². The fourth-order valence-electron chi connectivity index (χ4n) is 2.32. The zero-order valence-electron chi connectivity index (χ0n) is 13.0. The van der Waals surface area contributed by atoms with Crippen LogP contribution in [0.3, 0.4) is 0 Å². The zero-order chi connectivity index (χ0) is 17.4. The smallest absolute Gasteiger partial charge is 0.197 e. The van der Waals surface area contributed by atoms with E-state index >= 15 is 0 Å². The van der Waals surface area contributed by atoms with E-state index in [1.807, 2.05) is 37.4 Å². The summed E-state index contributed by atoms with van der Waals surface area (Å²) in [6.07, 6.45) is 1.55. The van der Waals surface area contributed by atoms with Crippen molar-refractivity contribution < 1.29 is 5.11 Å². The van der Waals surface area contributed by atoms with E-state index in [1.54, 1.807) is 22.2 Å². The molecule has 1 aromatic carbocycles. The first kappa shape index (κ1) is 16.5. The van der Waals surface area contributed by atoms with Crippen LogP contribution in [0.15, 0.2) is 46.8 Å². The second-order valence-corrected chi connectivity index (χ2v) is 7.67. The van der Waals surface area contributed by atoms with Crippen molar-refractivity contribution in [1.29, 1.82) is 0 Å². The molecule has 4 rings (SSSR count). The summed E-state index contributed by atoms with van der Waals surface area (Å²) in [7, 11) is 1.82. The van der Waals surface area contributed by atoms with Gasteiger partial charge in [-0.3, -0.25) is 0 Å². The molecule has 0 amide bonds. The highest BCUT2D eigenvalue weighted by Crippen LogP contribution is 2.38. The molecule has 0 fully saturated rings. The van der Waals surface area contributed by atoms with Crippen molar-refractivity contribution in [3.63, 3.8) is 0 Å². The lowest BCUT2D eigenvalue weighted by Crippen LogP contribution is -1.98. The number of hydrogen-bond acceptors (Lipinski definition) is 7. The Balaban J connectivity index is 1.74. The van der Waals surface area contributed by atoms with Crippen LogP contribution in [0.1, 0.15) is 5.82 Å². The maximum Gasteiger partial charge on any atom is 0.197 e. The molecule has 0 bridgehead atoms. The summed E-state index contributed by atoms with van der Waals surface area (Å²) in [4.78, 5) is 9.87. The number of aliphatic hydroxyl groups excluding tert-OH is 1. The summed E-state index contributed by atoms with van der Waals surface area (Å²) in [6.45, 7) is -0.150. The maximum atomic E-state index is 9.25. The van der Waals surface area contributed by atoms with E-state index in [-0.39, 0.29) is 6.61 Å². The van der Waals surface area contributed by atoms with Crippen LogP contribution in [0.2, 0.25) is 5.02 Å². The Hall–Kier alpha value is -2.00. The summed E-state index contributed by atoms with van der Waals surface area (Å²) in [5.74, 6) is 0.515. The number of halogens is 1. The molecular weight excluding hydrogens is 378 g/mol. The molecule has 0 saturated carbocycles. The topological polar surface area (TPSA) is 76.7 Å². The SMILES string of the molecule is Cn1c(CO)nnc1Sc1ncnc2cc(-c3ccc(Cl)cc3)sc12. The van der Waals surface area contributed by atoms with Crippen LogP contribution in [-0.2, 0) is 13.7 Å². The van der Waals surface area contributed by atoms with Crippen LogP contribution >= 0.6 is 34.7 Å². The van der Waals surface area contributed by atoms with Crippen LogP contribution in [0, 0.1) is 0 Å². The molecule has 6 nitrogen and oxygen atoms in total. The largest absolute Gasteiger partial charge is 0.388 e. The van der Waals surface area contributed by atoms with E-state index in [4.69, 9.17) is 11.6 Å². The van der Waals surface area contributed by atoms with Gasteiger partial charge in [-0.15, -0.1) is 21.5 Å². The highest BCUT2D eigenvalue weighted by Gasteiger charge is 2.15. The van der Waals surface area contributed by atoms with Crippen molar-refractivity contribution in [2.45, 2.75) is 16.8 Å². The summed E-state index contributed by atoms with van der Waals surface area (Å²) in [6, 6.07) is 9.77. The normalized spacial score (nSPS) is 11.3. The van der Waals surface area contributed by atoms with Gasteiger partial charge >= 0.3 is 0 Å². The first-order valence-electron chi connectivity index (χ1n) is 7.33. The van der Waals surface area contributed by atoms with Gasteiger partial charge in [0.05, 0.1) is 10.2 Å². The number of nitrogens with zero attached hydrogens (tertiary/aromatic N) is 5. The van der Waals surface area contributed by atoms with Gasteiger partial charge in [0.25, 0.3) is 0 Å². The van der Waals surface area contributed by atoms with E-state index < -0.39 is 0 Å². The maximum absolute atomic E-state index is 9.25. The summed E-state index contributed by atoms with van der Waals surface area (Å²) >= 11 is 9.00.